The third-order valence-electron chi connectivity index (χ3n) is 20.5. The van der Waals surface area contributed by atoms with Crippen molar-refractivity contribution >= 4 is 57.2 Å². The zero-order valence-corrected chi connectivity index (χ0v) is 56.0. The van der Waals surface area contributed by atoms with E-state index < -0.39 is 0 Å². The minimum absolute atomic E-state index is 0.0489. The first-order valence-corrected chi connectivity index (χ1v) is 34.1. The number of anilines is 6. The first kappa shape index (κ1) is 60.2. The summed E-state index contributed by atoms with van der Waals surface area (Å²) in [5.74, 6) is 3.06. The highest BCUT2D eigenvalue weighted by Gasteiger charge is 2.45. The highest BCUT2D eigenvalue weighted by atomic mass is 15.2. The quantitative estimate of drug-likeness (QED) is 0.135. The molecule has 2 aliphatic heterocycles. The van der Waals surface area contributed by atoms with Crippen LogP contribution in [0.15, 0.2) is 194 Å². The third-order valence-corrected chi connectivity index (χ3v) is 20.5. The van der Waals surface area contributed by atoms with Crippen LogP contribution in [-0.2, 0) is 21.7 Å². The summed E-state index contributed by atoms with van der Waals surface area (Å²) in [7, 11) is 0. The molecule has 2 fully saturated rings. The minimum atomic E-state index is -0.124. The predicted molar refractivity (Wildman–Crippen MR) is 387 cm³/mol. The number of aromatic nitrogens is 3. The lowest BCUT2D eigenvalue weighted by Crippen LogP contribution is -2.61. The third kappa shape index (κ3) is 11.8. The normalized spacial score (nSPS) is 15.5. The molecule has 1 aromatic heterocycles. The second-order valence-corrected chi connectivity index (χ2v) is 31.1. The van der Waals surface area contributed by atoms with Crippen LogP contribution in [-0.4, -0.2) is 21.7 Å². The molecule has 0 saturated heterocycles. The molecule has 0 N–H and O–H groups in total. The Kier molecular flexibility index (Phi) is 15.5. The molecule has 0 radical (unpaired) electrons. The van der Waals surface area contributed by atoms with Gasteiger partial charge in [0.05, 0.1) is 0 Å². The molecule has 2 saturated carbocycles. The maximum atomic E-state index is 5.79. The van der Waals surface area contributed by atoms with Crippen LogP contribution in [0, 0.1) is 0 Å². The van der Waals surface area contributed by atoms with Crippen molar-refractivity contribution in [2.45, 2.75) is 181 Å². The van der Waals surface area contributed by atoms with E-state index in [4.69, 9.17) is 15.0 Å². The van der Waals surface area contributed by atoms with Crippen LogP contribution >= 0.6 is 0 Å². The average molecular weight is 1190 g/mol. The molecule has 0 spiro atoms. The molecule has 0 unspecified atom stereocenters. The van der Waals surface area contributed by atoms with Gasteiger partial charge in [0, 0.05) is 50.8 Å². The van der Waals surface area contributed by atoms with E-state index in [2.05, 4.69) is 287 Å². The smallest absolute Gasteiger partial charge is 0.252 e. The van der Waals surface area contributed by atoms with E-state index >= 15 is 0 Å². The summed E-state index contributed by atoms with van der Waals surface area (Å²) >= 11 is 0. The van der Waals surface area contributed by atoms with Gasteiger partial charge in [-0.1, -0.05) is 243 Å². The molecule has 4 aliphatic rings. The Balaban J connectivity index is 1.08. The van der Waals surface area contributed by atoms with Gasteiger partial charge in [-0.05, 0) is 204 Å². The van der Waals surface area contributed by atoms with Gasteiger partial charge < -0.3 is 9.80 Å². The molecule has 2 aliphatic carbocycles. The highest BCUT2D eigenvalue weighted by molar-refractivity contribution is 7.00. The van der Waals surface area contributed by atoms with Gasteiger partial charge in [0.15, 0.2) is 17.5 Å². The lowest BCUT2D eigenvalue weighted by Gasteiger charge is -2.45. The number of hydrogen-bond donors (Lipinski definition) is 0. The Morgan fingerprint density at radius 1 is 0.308 bits per heavy atom. The van der Waals surface area contributed by atoms with Crippen LogP contribution in [0.1, 0.15) is 193 Å². The van der Waals surface area contributed by atoms with Crippen LogP contribution in [0.3, 0.4) is 0 Å². The zero-order chi connectivity index (χ0) is 63.1. The van der Waals surface area contributed by atoms with Crippen molar-refractivity contribution < 1.29 is 0 Å². The van der Waals surface area contributed by atoms with Crippen LogP contribution in [0.5, 0.6) is 0 Å². The monoisotopic (exact) mass is 1190 g/mol. The van der Waals surface area contributed by atoms with E-state index in [0.29, 0.717) is 29.3 Å². The average Bonchev–Trinajstić information content (AvgIpc) is 0.697. The number of hydrogen-bond acceptors (Lipinski definition) is 5. The van der Waals surface area contributed by atoms with Crippen molar-refractivity contribution in [3.05, 3.63) is 228 Å². The molecule has 0 atom stereocenters. The predicted octanol–water partition coefficient (Wildman–Crippen LogP) is 21.6. The lowest BCUT2D eigenvalue weighted by atomic mass is 9.33. The fourth-order valence-electron chi connectivity index (χ4n) is 15.0. The standard InChI is InChI=1S/C85H90BN5/c1-82(2,3)66-45-63(46-67(53-66)83(4,5)6)79-87-80(64-47-68(84(7,8)9)54-69(48-64)85(10,11)12)89-81(88-79)65-51-76-78-77(52-65)91(71-41-35-60(36-42-71)56-27-19-14-20-28-56)75-44-38-62(58-31-23-16-24-32-58)50-73(75)86(78)72-49-61(57-29-21-15-22-30-57)37-43-74(72)90(76)70-39-33-59(34-40-70)55-25-17-13-18-26-55/h13-14,17-20,25-28,33-54,57-58H,15-16,21-24,29-32H2,1-12H3. The number of benzene rings is 9. The van der Waals surface area contributed by atoms with Crippen molar-refractivity contribution in [1.29, 1.82) is 0 Å². The molecular weight excluding hydrogens is 1100 g/mol. The van der Waals surface area contributed by atoms with Gasteiger partial charge in [-0.25, -0.2) is 15.0 Å². The van der Waals surface area contributed by atoms with Crippen molar-refractivity contribution in [3.63, 3.8) is 0 Å². The molecule has 0 bridgehead atoms. The molecule has 3 heterocycles. The van der Waals surface area contributed by atoms with Gasteiger partial charge in [-0.15, -0.1) is 0 Å². The fraction of sp³-hybridized carbons (Fsp3) is 0.329. The minimum Gasteiger partial charge on any atom is -0.311 e. The van der Waals surface area contributed by atoms with Gasteiger partial charge in [0.2, 0.25) is 0 Å². The van der Waals surface area contributed by atoms with Gasteiger partial charge >= 0.3 is 0 Å². The summed E-state index contributed by atoms with van der Waals surface area (Å²) < 4.78 is 0. The maximum Gasteiger partial charge on any atom is 0.252 e. The summed E-state index contributed by atoms with van der Waals surface area (Å²) in [6.45, 7) is 27.7. The molecule has 9 aromatic carbocycles. The molecule has 14 rings (SSSR count). The van der Waals surface area contributed by atoms with Crippen molar-refractivity contribution in [1.82, 2.24) is 15.0 Å². The topological polar surface area (TPSA) is 45.2 Å². The van der Waals surface area contributed by atoms with Gasteiger partial charge in [0.1, 0.15) is 0 Å². The first-order valence-electron chi connectivity index (χ1n) is 34.1. The molecular formula is C85H90BN5. The van der Waals surface area contributed by atoms with Crippen LogP contribution in [0.25, 0.3) is 56.4 Å². The van der Waals surface area contributed by atoms with E-state index in [1.165, 1.54) is 148 Å². The summed E-state index contributed by atoms with van der Waals surface area (Å²) in [5, 5.41) is 0. The summed E-state index contributed by atoms with van der Waals surface area (Å²) in [6.07, 6.45) is 12.7. The fourth-order valence-corrected chi connectivity index (χ4v) is 15.0. The first-order chi connectivity index (χ1) is 43.6. The van der Waals surface area contributed by atoms with Crippen LogP contribution < -0.4 is 26.2 Å². The second-order valence-electron chi connectivity index (χ2n) is 31.1. The molecule has 10 aromatic rings. The number of fused-ring (bicyclic) bond motifs is 4. The van der Waals surface area contributed by atoms with Crippen molar-refractivity contribution in [3.8, 4) is 56.4 Å². The lowest BCUT2D eigenvalue weighted by molar-refractivity contribution is 0.444. The number of nitrogens with zero attached hydrogens (tertiary/aromatic N) is 5. The Morgan fingerprint density at radius 3 is 0.956 bits per heavy atom. The summed E-state index contributed by atoms with van der Waals surface area (Å²) in [6, 6.07) is 74.6. The van der Waals surface area contributed by atoms with E-state index in [0.717, 1.165) is 39.4 Å². The Bertz CT molecular complexity index is 4000. The second kappa shape index (κ2) is 23.4. The molecule has 91 heavy (non-hydrogen) atoms. The molecule has 6 heteroatoms. The van der Waals surface area contributed by atoms with E-state index in [9.17, 15) is 0 Å². The van der Waals surface area contributed by atoms with E-state index in [-0.39, 0.29) is 28.4 Å². The Morgan fingerprint density at radius 2 is 0.626 bits per heavy atom. The maximum absolute atomic E-state index is 5.79. The molecule has 0 amide bonds. The largest absolute Gasteiger partial charge is 0.311 e. The van der Waals surface area contributed by atoms with Crippen LogP contribution in [0.4, 0.5) is 34.1 Å². The zero-order valence-electron chi connectivity index (χ0n) is 56.0. The SMILES string of the molecule is CC(C)(C)c1cc(-c2nc(-c3cc(C(C)(C)C)cc(C(C)(C)C)c3)nc(-c3cc4c5c(c3)N(c3ccc(-c6ccccc6)cc3)c3ccc(C6CCCCC6)cc3B5c3cc(C5CCCCC5)ccc3N4c3ccc(-c4ccccc4)cc3)n2)cc(C(C)(C)C)c1. The Hall–Kier alpha value is -8.35. The summed E-state index contributed by atoms with van der Waals surface area (Å²) in [5.41, 5.74) is 26.2. The van der Waals surface area contributed by atoms with Crippen molar-refractivity contribution in [2.75, 3.05) is 9.80 Å². The molecule has 5 nitrogen and oxygen atoms in total. The highest BCUT2D eigenvalue weighted by Crippen LogP contribution is 2.49. The van der Waals surface area contributed by atoms with Crippen LogP contribution in [0.2, 0.25) is 0 Å². The van der Waals surface area contributed by atoms with E-state index in [1.807, 2.05) is 0 Å². The van der Waals surface area contributed by atoms with E-state index in [1.54, 1.807) is 0 Å². The summed E-state index contributed by atoms with van der Waals surface area (Å²) in [4.78, 5) is 22.4. The van der Waals surface area contributed by atoms with Gasteiger partial charge in [-0.2, -0.15) is 0 Å². The molecule has 458 valence electrons. The van der Waals surface area contributed by atoms with Gasteiger partial charge in [0.25, 0.3) is 6.71 Å². The Labute approximate surface area is 543 Å². The van der Waals surface area contributed by atoms with Gasteiger partial charge in [-0.3, -0.25) is 0 Å². The number of rotatable bonds is 9. The van der Waals surface area contributed by atoms with Crippen molar-refractivity contribution in [2.24, 2.45) is 0 Å².